The molecule has 110 valence electrons. The van der Waals surface area contributed by atoms with Crippen LogP contribution in [0.15, 0.2) is 12.1 Å². The molecule has 1 aromatic carbocycles. The summed E-state index contributed by atoms with van der Waals surface area (Å²) in [6.07, 6.45) is 5.60. The molecule has 3 atom stereocenters. The second kappa shape index (κ2) is 5.48. The molecule has 2 aliphatic carbocycles. The first kappa shape index (κ1) is 14.1. The molecule has 1 aromatic rings. The molecule has 2 heteroatoms. The Balaban J connectivity index is 1.87. The fourth-order valence-corrected chi connectivity index (χ4v) is 4.40. The molecule has 1 N–H and O–H groups in total. The van der Waals surface area contributed by atoms with Crippen molar-refractivity contribution in [3.05, 3.63) is 34.6 Å². The Hall–Kier alpha value is -0.890. The molecule has 0 saturated heterocycles. The van der Waals surface area contributed by atoms with Crippen molar-refractivity contribution >= 4 is 0 Å². The molecule has 0 aromatic heterocycles. The van der Waals surface area contributed by atoms with Gasteiger partial charge in [0.1, 0.15) is 5.82 Å². The van der Waals surface area contributed by atoms with Gasteiger partial charge in [0.15, 0.2) is 0 Å². The van der Waals surface area contributed by atoms with E-state index in [9.17, 15) is 4.39 Å². The largest absolute Gasteiger partial charge is 0.310 e. The summed E-state index contributed by atoms with van der Waals surface area (Å²) in [5.41, 5.74) is 2.86. The van der Waals surface area contributed by atoms with Crippen molar-refractivity contribution in [2.45, 2.75) is 52.5 Å². The number of fused-ring (bicyclic) bond motifs is 1. The van der Waals surface area contributed by atoms with Crippen molar-refractivity contribution in [2.75, 3.05) is 6.54 Å². The van der Waals surface area contributed by atoms with Crippen LogP contribution < -0.4 is 5.32 Å². The average Bonchev–Trinajstić information content (AvgIpc) is 3.16. The Labute approximate surface area is 122 Å². The van der Waals surface area contributed by atoms with E-state index in [1.807, 2.05) is 13.8 Å². The third kappa shape index (κ3) is 2.39. The maximum atomic E-state index is 13.9. The van der Waals surface area contributed by atoms with Crippen LogP contribution in [0.3, 0.4) is 0 Å². The van der Waals surface area contributed by atoms with Crippen LogP contribution in [0.4, 0.5) is 4.39 Å². The smallest absolute Gasteiger partial charge is 0.129 e. The third-order valence-corrected chi connectivity index (χ3v) is 5.35. The molecule has 2 aliphatic rings. The van der Waals surface area contributed by atoms with Crippen molar-refractivity contribution in [3.63, 3.8) is 0 Å². The van der Waals surface area contributed by atoms with Crippen LogP contribution in [0.2, 0.25) is 0 Å². The van der Waals surface area contributed by atoms with Gasteiger partial charge in [0.25, 0.3) is 0 Å². The summed E-state index contributed by atoms with van der Waals surface area (Å²) in [5.74, 6) is 2.57. The lowest BCUT2D eigenvalue weighted by Crippen LogP contribution is -2.24. The zero-order chi connectivity index (χ0) is 14.3. The van der Waals surface area contributed by atoms with Gasteiger partial charge >= 0.3 is 0 Å². The van der Waals surface area contributed by atoms with E-state index in [-0.39, 0.29) is 5.82 Å². The first-order chi connectivity index (χ1) is 9.63. The van der Waals surface area contributed by atoms with E-state index in [2.05, 4.69) is 24.4 Å². The summed E-state index contributed by atoms with van der Waals surface area (Å²) in [6.45, 7) is 6.92. The molecule has 0 radical (unpaired) electrons. The topological polar surface area (TPSA) is 12.0 Å². The number of rotatable bonds is 4. The first-order valence-corrected chi connectivity index (χ1v) is 8.13. The standard InChI is InChI=1S/C18H26FN/c1-4-20-18(16-14-7-5-6-8-15(14)16)13-9-11(2)17(19)12(3)10-13/h9-10,14-16,18,20H,4-8H2,1-3H3. The quantitative estimate of drug-likeness (QED) is 0.851. The Morgan fingerprint density at radius 1 is 1.15 bits per heavy atom. The van der Waals surface area contributed by atoms with Gasteiger partial charge in [0, 0.05) is 6.04 Å². The number of hydrogen-bond acceptors (Lipinski definition) is 1. The van der Waals surface area contributed by atoms with Gasteiger partial charge in [0.05, 0.1) is 0 Å². The highest BCUT2D eigenvalue weighted by atomic mass is 19.1. The van der Waals surface area contributed by atoms with E-state index < -0.39 is 0 Å². The first-order valence-electron chi connectivity index (χ1n) is 8.13. The van der Waals surface area contributed by atoms with Gasteiger partial charge in [-0.1, -0.05) is 31.9 Å². The molecule has 0 spiro atoms. The highest BCUT2D eigenvalue weighted by molar-refractivity contribution is 5.34. The lowest BCUT2D eigenvalue weighted by Gasteiger charge is -2.20. The summed E-state index contributed by atoms with van der Waals surface area (Å²) in [7, 11) is 0. The number of benzene rings is 1. The predicted molar refractivity (Wildman–Crippen MR) is 81.2 cm³/mol. The zero-order valence-corrected chi connectivity index (χ0v) is 12.9. The van der Waals surface area contributed by atoms with E-state index in [4.69, 9.17) is 0 Å². The zero-order valence-electron chi connectivity index (χ0n) is 12.9. The van der Waals surface area contributed by atoms with Gasteiger partial charge in [-0.3, -0.25) is 0 Å². The van der Waals surface area contributed by atoms with Crippen LogP contribution in [0.1, 0.15) is 55.3 Å². The molecular weight excluding hydrogens is 249 g/mol. The van der Waals surface area contributed by atoms with Gasteiger partial charge in [0.2, 0.25) is 0 Å². The molecule has 0 bridgehead atoms. The van der Waals surface area contributed by atoms with E-state index >= 15 is 0 Å². The molecule has 3 unspecified atom stereocenters. The fourth-order valence-electron chi connectivity index (χ4n) is 4.40. The van der Waals surface area contributed by atoms with Crippen LogP contribution in [0.5, 0.6) is 0 Å². The Morgan fingerprint density at radius 3 is 2.20 bits per heavy atom. The Bertz CT molecular complexity index is 461. The summed E-state index contributed by atoms with van der Waals surface area (Å²) < 4.78 is 13.9. The monoisotopic (exact) mass is 275 g/mol. The summed E-state index contributed by atoms with van der Waals surface area (Å²) >= 11 is 0. The second-order valence-corrected chi connectivity index (χ2v) is 6.69. The lowest BCUT2D eigenvalue weighted by atomic mass is 9.95. The summed E-state index contributed by atoms with van der Waals surface area (Å²) in [4.78, 5) is 0. The number of aryl methyl sites for hydroxylation is 2. The SMILES string of the molecule is CCNC(c1cc(C)c(F)c(C)c1)C1C2CCCCC21. The molecular formula is C18H26FN. The van der Waals surface area contributed by atoms with Crippen LogP contribution in [0, 0.1) is 37.4 Å². The number of halogens is 1. The minimum atomic E-state index is -0.0442. The predicted octanol–water partition coefficient (Wildman–Crippen LogP) is 4.53. The lowest BCUT2D eigenvalue weighted by molar-refractivity contribution is 0.455. The number of hydrogen-bond donors (Lipinski definition) is 1. The third-order valence-electron chi connectivity index (χ3n) is 5.35. The van der Waals surface area contributed by atoms with Gasteiger partial charge in [-0.15, -0.1) is 0 Å². The summed E-state index contributed by atoms with van der Waals surface area (Å²) in [5, 5.41) is 3.67. The van der Waals surface area contributed by atoms with E-state index in [0.29, 0.717) is 6.04 Å². The highest BCUT2D eigenvalue weighted by Gasteiger charge is 2.54. The molecule has 20 heavy (non-hydrogen) atoms. The average molecular weight is 275 g/mol. The van der Waals surface area contributed by atoms with Crippen molar-refractivity contribution in [1.29, 1.82) is 0 Å². The highest BCUT2D eigenvalue weighted by Crippen LogP contribution is 2.60. The molecule has 3 rings (SSSR count). The maximum Gasteiger partial charge on any atom is 0.129 e. The normalized spacial score (nSPS) is 29.9. The van der Waals surface area contributed by atoms with Gasteiger partial charge in [-0.25, -0.2) is 4.39 Å². The van der Waals surface area contributed by atoms with Crippen LogP contribution >= 0.6 is 0 Å². The van der Waals surface area contributed by atoms with E-state index in [1.54, 1.807) is 0 Å². The molecule has 2 saturated carbocycles. The van der Waals surface area contributed by atoms with Gasteiger partial charge < -0.3 is 5.32 Å². The van der Waals surface area contributed by atoms with Gasteiger partial charge in [-0.2, -0.15) is 0 Å². The molecule has 0 aliphatic heterocycles. The molecule has 1 nitrogen and oxygen atoms in total. The summed E-state index contributed by atoms with van der Waals surface area (Å²) in [6, 6.07) is 4.53. The van der Waals surface area contributed by atoms with Crippen molar-refractivity contribution in [3.8, 4) is 0 Å². The minimum absolute atomic E-state index is 0.0442. The van der Waals surface area contributed by atoms with E-state index in [0.717, 1.165) is 35.4 Å². The molecule has 2 fully saturated rings. The Morgan fingerprint density at radius 2 is 1.70 bits per heavy atom. The maximum absolute atomic E-state index is 13.9. The van der Waals surface area contributed by atoms with Crippen molar-refractivity contribution < 1.29 is 4.39 Å². The molecule has 0 heterocycles. The molecule has 0 amide bonds. The van der Waals surface area contributed by atoms with Crippen LogP contribution in [0.25, 0.3) is 0 Å². The fraction of sp³-hybridized carbons (Fsp3) is 0.667. The van der Waals surface area contributed by atoms with Gasteiger partial charge in [-0.05, 0) is 67.7 Å². The number of nitrogens with one attached hydrogen (secondary N) is 1. The Kier molecular flexibility index (Phi) is 3.85. The van der Waals surface area contributed by atoms with Crippen LogP contribution in [-0.2, 0) is 0 Å². The van der Waals surface area contributed by atoms with Crippen molar-refractivity contribution in [1.82, 2.24) is 5.32 Å². The second-order valence-electron chi connectivity index (χ2n) is 6.69. The van der Waals surface area contributed by atoms with E-state index in [1.165, 1.54) is 31.2 Å². The van der Waals surface area contributed by atoms with Crippen LogP contribution in [-0.4, -0.2) is 6.54 Å². The van der Waals surface area contributed by atoms with Crippen molar-refractivity contribution in [2.24, 2.45) is 17.8 Å². The minimum Gasteiger partial charge on any atom is -0.310 e.